The number of ether oxygens (including phenoxy) is 2. The normalized spacial score (nSPS) is 13.7. The molecule has 4 heteroatoms. The molecule has 0 saturated carbocycles. The minimum Gasteiger partial charge on any atom is -0.490 e. The van der Waals surface area contributed by atoms with Crippen LogP contribution in [0.4, 0.5) is 0 Å². The summed E-state index contributed by atoms with van der Waals surface area (Å²) in [6, 6.07) is 9.40. The van der Waals surface area contributed by atoms with Gasteiger partial charge in [-0.1, -0.05) is 31.5 Å². The lowest BCUT2D eigenvalue weighted by molar-refractivity contribution is -0.150. The van der Waals surface area contributed by atoms with Crippen molar-refractivity contribution in [3.05, 3.63) is 30.3 Å². The lowest BCUT2D eigenvalue weighted by Gasteiger charge is -2.21. The van der Waals surface area contributed by atoms with Crippen LogP contribution in [0, 0.1) is 0 Å². The number of nitrogens with two attached hydrogens (primary N) is 1. The average Bonchev–Trinajstić information content (AvgIpc) is 2.35. The molecule has 0 heterocycles. The second-order valence-electron chi connectivity index (χ2n) is 4.46. The Hall–Kier alpha value is -1.55. The van der Waals surface area contributed by atoms with Crippen LogP contribution in [-0.4, -0.2) is 24.7 Å². The summed E-state index contributed by atoms with van der Waals surface area (Å²) in [5.41, 5.74) is 4.95. The maximum atomic E-state index is 11.7. The third kappa shape index (κ3) is 4.75. The van der Waals surface area contributed by atoms with Crippen LogP contribution in [0.25, 0.3) is 0 Å². The Bertz CT molecular complexity index is 363. The van der Waals surface area contributed by atoms with E-state index in [1.807, 2.05) is 37.3 Å². The van der Waals surface area contributed by atoms with E-state index in [-0.39, 0.29) is 12.6 Å². The number of para-hydroxylation sites is 1. The highest BCUT2D eigenvalue weighted by atomic mass is 16.6. The third-order valence-corrected chi connectivity index (χ3v) is 2.56. The van der Waals surface area contributed by atoms with Crippen molar-refractivity contribution in [2.24, 2.45) is 5.73 Å². The molecule has 1 aromatic rings. The van der Waals surface area contributed by atoms with Crippen LogP contribution in [0.1, 0.15) is 26.7 Å². The van der Waals surface area contributed by atoms with E-state index in [9.17, 15) is 4.79 Å². The summed E-state index contributed by atoms with van der Waals surface area (Å²) in [6.45, 7) is 4.22. The van der Waals surface area contributed by atoms with Crippen LogP contribution in [0.5, 0.6) is 5.75 Å². The number of hydrogen-bond acceptors (Lipinski definition) is 4. The first-order valence-corrected chi connectivity index (χ1v) is 6.20. The van der Waals surface area contributed by atoms with E-state index in [0.29, 0.717) is 13.0 Å². The van der Waals surface area contributed by atoms with Gasteiger partial charge in [-0.15, -0.1) is 0 Å². The molecule has 100 valence electrons. The zero-order chi connectivity index (χ0) is 13.4. The molecule has 0 saturated heterocycles. The van der Waals surface area contributed by atoms with Crippen LogP contribution in [0.3, 0.4) is 0 Å². The van der Waals surface area contributed by atoms with Gasteiger partial charge in [0.25, 0.3) is 0 Å². The molecule has 0 amide bonds. The van der Waals surface area contributed by atoms with Crippen molar-refractivity contribution in [3.8, 4) is 5.75 Å². The molecule has 1 atom stereocenters. The van der Waals surface area contributed by atoms with E-state index < -0.39 is 5.54 Å². The van der Waals surface area contributed by atoms with Crippen LogP contribution >= 0.6 is 0 Å². The van der Waals surface area contributed by atoms with E-state index >= 15 is 0 Å². The van der Waals surface area contributed by atoms with Gasteiger partial charge in [-0.3, -0.25) is 4.79 Å². The smallest absolute Gasteiger partial charge is 0.325 e. The second kappa shape index (κ2) is 7.01. The standard InChI is InChI=1S/C14H21NO3/c1-3-9-14(2,15)13(16)18-11-10-17-12-7-5-4-6-8-12/h4-8H,3,9-11,15H2,1-2H3. The molecule has 4 nitrogen and oxygen atoms in total. The molecule has 0 aliphatic rings. The molecule has 18 heavy (non-hydrogen) atoms. The van der Waals surface area contributed by atoms with Gasteiger partial charge in [-0.2, -0.15) is 0 Å². The molecule has 2 N–H and O–H groups in total. The van der Waals surface area contributed by atoms with E-state index in [4.69, 9.17) is 15.2 Å². The lowest BCUT2D eigenvalue weighted by Crippen LogP contribution is -2.46. The van der Waals surface area contributed by atoms with Gasteiger partial charge >= 0.3 is 5.97 Å². The van der Waals surface area contributed by atoms with E-state index in [1.165, 1.54) is 0 Å². The maximum absolute atomic E-state index is 11.7. The fourth-order valence-electron chi connectivity index (χ4n) is 1.60. The largest absolute Gasteiger partial charge is 0.490 e. The Morgan fingerprint density at radius 2 is 1.94 bits per heavy atom. The lowest BCUT2D eigenvalue weighted by atomic mass is 9.98. The number of esters is 1. The van der Waals surface area contributed by atoms with Crippen molar-refractivity contribution >= 4 is 5.97 Å². The fraction of sp³-hybridized carbons (Fsp3) is 0.500. The van der Waals surface area contributed by atoms with Crippen molar-refractivity contribution in [2.45, 2.75) is 32.2 Å². The predicted octanol–water partition coefficient (Wildman–Crippen LogP) is 2.13. The first-order chi connectivity index (χ1) is 8.56. The van der Waals surface area contributed by atoms with Crippen LogP contribution in [-0.2, 0) is 9.53 Å². The van der Waals surface area contributed by atoms with Gasteiger partial charge in [-0.05, 0) is 25.5 Å². The SMILES string of the molecule is CCCC(C)(N)C(=O)OCCOc1ccccc1. The quantitative estimate of drug-likeness (QED) is 0.595. The zero-order valence-corrected chi connectivity index (χ0v) is 11.0. The van der Waals surface area contributed by atoms with Crippen molar-refractivity contribution < 1.29 is 14.3 Å². The van der Waals surface area contributed by atoms with Crippen LogP contribution < -0.4 is 10.5 Å². The first kappa shape index (κ1) is 14.5. The number of carbonyl (C=O) groups excluding carboxylic acids is 1. The molecule has 0 radical (unpaired) electrons. The monoisotopic (exact) mass is 251 g/mol. The van der Waals surface area contributed by atoms with Gasteiger partial charge in [0.2, 0.25) is 0 Å². The molecule has 0 aliphatic heterocycles. The minimum atomic E-state index is -0.901. The Labute approximate surface area is 108 Å². The van der Waals surface area contributed by atoms with Crippen molar-refractivity contribution in [2.75, 3.05) is 13.2 Å². The molecule has 0 spiro atoms. The van der Waals surface area contributed by atoms with Crippen LogP contribution in [0.15, 0.2) is 30.3 Å². The third-order valence-electron chi connectivity index (χ3n) is 2.56. The number of hydrogen-bond donors (Lipinski definition) is 1. The Morgan fingerprint density at radius 1 is 1.28 bits per heavy atom. The molecule has 0 aromatic heterocycles. The van der Waals surface area contributed by atoms with Crippen molar-refractivity contribution in [1.82, 2.24) is 0 Å². The first-order valence-electron chi connectivity index (χ1n) is 6.20. The highest BCUT2D eigenvalue weighted by Gasteiger charge is 2.28. The molecule has 0 fully saturated rings. The highest BCUT2D eigenvalue weighted by Crippen LogP contribution is 2.11. The van der Waals surface area contributed by atoms with Crippen molar-refractivity contribution in [3.63, 3.8) is 0 Å². The summed E-state index contributed by atoms with van der Waals surface area (Å²) in [5, 5.41) is 0. The van der Waals surface area contributed by atoms with Gasteiger partial charge in [-0.25, -0.2) is 0 Å². The summed E-state index contributed by atoms with van der Waals surface area (Å²) >= 11 is 0. The molecule has 0 bridgehead atoms. The van der Waals surface area contributed by atoms with E-state index in [0.717, 1.165) is 12.2 Å². The summed E-state index contributed by atoms with van der Waals surface area (Å²) in [5.74, 6) is 0.388. The summed E-state index contributed by atoms with van der Waals surface area (Å²) in [7, 11) is 0. The topological polar surface area (TPSA) is 61.6 Å². The van der Waals surface area contributed by atoms with E-state index in [1.54, 1.807) is 6.92 Å². The van der Waals surface area contributed by atoms with Gasteiger partial charge < -0.3 is 15.2 Å². The molecule has 1 rings (SSSR count). The second-order valence-corrected chi connectivity index (χ2v) is 4.46. The number of rotatable bonds is 7. The fourth-order valence-corrected chi connectivity index (χ4v) is 1.60. The van der Waals surface area contributed by atoms with Crippen molar-refractivity contribution in [1.29, 1.82) is 0 Å². The van der Waals surface area contributed by atoms with Gasteiger partial charge in [0.15, 0.2) is 0 Å². The van der Waals surface area contributed by atoms with E-state index in [2.05, 4.69) is 0 Å². The highest BCUT2D eigenvalue weighted by molar-refractivity contribution is 5.79. The zero-order valence-electron chi connectivity index (χ0n) is 11.0. The average molecular weight is 251 g/mol. The summed E-state index contributed by atoms with van der Waals surface area (Å²) < 4.78 is 10.5. The maximum Gasteiger partial charge on any atom is 0.325 e. The predicted molar refractivity (Wildman–Crippen MR) is 70.4 cm³/mol. The molecule has 1 unspecified atom stereocenters. The molecular formula is C14H21NO3. The minimum absolute atomic E-state index is 0.213. The molecular weight excluding hydrogens is 230 g/mol. The summed E-state index contributed by atoms with van der Waals surface area (Å²) in [6.07, 6.45) is 1.47. The summed E-state index contributed by atoms with van der Waals surface area (Å²) in [4.78, 5) is 11.7. The Kier molecular flexibility index (Phi) is 5.65. The number of carbonyl (C=O) groups is 1. The molecule has 0 aliphatic carbocycles. The van der Waals surface area contributed by atoms with Gasteiger partial charge in [0, 0.05) is 0 Å². The Balaban J connectivity index is 2.24. The Morgan fingerprint density at radius 3 is 2.56 bits per heavy atom. The molecule has 1 aromatic carbocycles. The van der Waals surface area contributed by atoms with Gasteiger partial charge in [0.1, 0.15) is 24.5 Å². The van der Waals surface area contributed by atoms with Gasteiger partial charge in [0.05, 0.1) is 0 Å². The number of benzene rings is 1. The van der Waals surface area contributed by atoms with Crippen LogP contribution in [0.2, 0.25) is 0 Å².